The Bertz CT molecular complexity index is 635. The molecule has 7 heteroatoms. The van der Waals surface area contributed by atoms with E-state index in [1.54, 1.807) is 11.8 Å². The second-order valence-electron chi connectivity index (χ2n) is 5.85. The summed E-state index contributed by atoms with van der Waals surface area (Å²) in [7, 11) is -1.84. The van der Waals surface area contributed by atoms with Crippen LogP contribution in [-0.4, -0.2) is 50.7 Å². The van der Waals surface area contributed by atoms with E-state index in [2.05, 4.69) is 4.72 Å². The minimum atomic E-state index is -3.26. The van der Waals surface area contributed by atoms with Crippen LogP contribution in [0.1, 0.15) is 25.3 Å². The van der Waals surface area contributed by atoms with Crippen LogP contribution in [0.3, 0.4) is 0 Å². The Morgan fingerprint density at radius 1 is 1.26 bits per heavy atom. The number of piperidine rings is 1. The van der Waals surface area contributed by atoms with Crippen molar-refractivity contribution in [2.45, 2.75) is 38.0 Å². The Labute approximate surface area is 137 Å². The lowest BCUT2D eigenvalue weighted by molar-refractivity contribution is -0.138. The molecular formula is C16H24N2O4S. The average molecular weight is 340 g/mol. The third-order valence-electron chi connectivity index (χ3n) is 4.16. The van der Waals surface area contributed by atoms with Crippen LogP contribution < -0.4 is 9.46 Å². The third-order valence-corrected chi connectivity index (χ3v) is 6.08. The summed E-state index contributed by atoms with van der Waals surface area (Å²) in [6, 6.07) is 7.54. The predicted molar refractivity (Wildman–Crippen MR) is 88.9 cm³/mol. The number of carbonyl (C=O) groups excluding carboxylic acids is 1. The quantitative estimate of drug-likeness (QED) is 0.877. The van der Waals surface area contributed by atoms with Gasteiger partial charge in [-0.15, -0.1) is 0 Å². The maximum Gasteiger partial charge on any atom is 0.263 e. The molecule has 0 bridgehead atoms. The van der Waals surface area contributed by atoms with E-state index in [1.807, 2.05) is 31.2 Å². The Morgan fingerprint density at radius 2 is 1.83 bits per heavy atom. The smallest absolute Gasteiger partial charge is 0.263 e. The van der Waals surface area contributed by atoms with Gasteiger partial charge in [0.15, 0.2) is 6.10 Å². The van der Waals surface area contributed by atoms with Gasteiger partial charge in [0, 0.05) is 13.1 Å². The van der Waals surface area contributed by atoms with Crippen LogP contribution in [0.25, 0.3) is 0 Å². The number of likely N-dealkylation sites (tertiary alicyclic amines) is 1. The minimum Gasteiger partial charge on any atom is -0.481 e. The van der Waals surface area contributed by atoms with Crippen molar-refractivity contribution in [3.8, 4) is 5.75 Å². The zero-order valence-electron chi connectivity index (χ0n) is 13.8. The van der Waals surface area contributed by atoms with E-state index in [4.69, 9.17) is 4.74 Å². The van der Waals surface area contributed by atoms with Gasteiger partial charge < -0.3 is 9.64 Å². The summed E-state index contributed by atoms with van der Waals surface area (Å²) in [6.07, 6.45) is 0.313. The summed E-state index contributed by atoms with van der Waals surface area (Å²) in [5.41, 5.74) is 1.13. The highest BCUT2D eigenvalue weighted by atomic mass is 32.2. The van der Waals surface area contributed by atoms with Crippen molar-refractivity contribution in [3.63, 3.8) is 0 Å². The Hall–Kier alpha value is -1.60. The van der Waals surface area contributed by atoms with Crippen molar-refractivity contribution < 1.29 is 17.9 Å². The molecule has 128 valence electrons. The van der Waals surface area contributed by atoms with Crippen molar-refractivity contribution in [1.29, 1.82) is 0 Å². The van der Waals surface area contributed by atoms with Crippen molar-refractivity contribution >= 4 is 15.9 Å². The first-order valence-corrected chi connectivity index (χ1v) is 9.32. The number of benzene rings is 1. The van der Waals surface area contributed by atoms with Gasteiger partial charge in [0.1, 0.15) is 5.75 Å². The first kappa shape index (κ1) is 17.7. The first-order valence-electron chi connectivity index (χ1n) is 7.78. The summed E-state index contributed by atoms with van der Waals surface area (Å²) < 4.78 is 31.6. The summed E-state index contributed by atoms with van der Waals surface area (Å²) >= 11 is 0. The number of hydrogen-bond acceptors (Lipinski definition) is 4. The highest BCUT2D eigenvalue weighted by Crippen LogP contribution is 2.19. The molecule has 6 nitrogen and oxygen atoms in total. The van der Waals surface area contributed by atoms with Gasteiger partial charge in [0.25, 0.3) is 5.91 Å². The molecule has 0 spiro atoms. The van der Waals surface area contributed by atoms with Crippen LogP contribution >= 0.6 is 0 Å². The Balaban J connectivity index is 1.90. The summed E-state index contributed by atoms with van der Waals surface area (Å²) in [6.45, 7) is 4.58. The molecule has 2 rings (SSSR count). The molecule has 0 aromatic heterocycles. The Morgan fingerprint density at radius 3 is 2.35 bits per heavy atom. The molecule has 1 aromatic rings. The number of amides is 1. The number of sulfonamides is 1. The lowest BCUT2D eigenvalue weighted by Gasteiger charge is -2.33. The molecule has 1 amide bonds. The monoisotopic (exact) mass is 340 g/mol. The topological polar surface area (TPSA) is 75.7 Å². The zero-order valence-corrected chi connectivity index (χ0v) is 14.6. The number of aryl methyl sites for hydroxylation is 1. The summed E-state index contributed by atoms with van der Waals surface area (Å²) in [4.78, 5) is 14.1. The van der Waals surface area contributed by atoms with E-state index in [-0.39, 0.29) is 5.91 Å². The van der Waals surface area contributed by atoms with Crippen LogP contribution in [0.5, 0.6) is 5.75 Å². The van der Waals surface area contributed by atoms with E-state index in [0.29, 0.717) is 31.7 Å². The lowest BCUT2D eigenvalue weighted by atomic mass is 10.1. The van der Waals surface area contributed by atoms with Gasteiger partial charge in [-0.3, -0.25) is 4.79 Å². The molecule has 1 aliphatic heterocycles. The van der Waals surface area contributed by atoms with Gasteiger partial charge in [-0.05, 0) is 45.9 Å². The third kappa shape index (κ3) is 4.45. The zero-order chi connectivity index (χ0) is 17.0. The predicted octanol–water partition coefficient (Wildman–Crippen LogP) is 1.30. The van der Waals surface area contributed by atoms with E-state index in [1.165, 1.54) is 7.05 Å². The molecule has 1 heterocycles. The molecule has 1 atom stereocenters. The van der Waals surface area contributed by atoms with Gasteiger partial charge in [0.05, 0.1) is 5.25 Å². The second-order valence-corrected chi connectivity index (χ2v) is 8.01. The molecule has 0 saturated carbocycles. The fourth-order valence-electron chi connectivity index (χ4n) is 2.68. The van der Waals surface area contributed by atoms with Crippen molar-refractivity contribution in [2.24, 2.45) is 0 Å². The van der Waals surface area contributed by atoms with Gasteiger partial charge in [0.2, 0.25) is 10.0 Å². The maximum atomic E-state index is 12.4. The number of nitrogens with zero attached hydrogens (tertiary/aromatic N) is 1. The van der Waals surface area contributed by atoms with E-state index >= 15 is 0 Å². The SMILES string of the molecule is CNS(=O)(=O)C1CCN(C(=O)C(C)Oc2ccc(C)cc2)CC1. The van der Waals surface area contributed by atoms with E-state index < -0.39 is 21.4 Å². The van der Waals surface area contributed by atoms with Gasteiger partial charge in [-0.2, -0.15) is 0 Å². The van der Waals surface area contributed by atoms with Crippen molar-refractivity contribution in [1.82, 2.24) is 9.62 Å². The Kier molecular flexibility index (Phi) is 5.64. The summed E-state index contributed by atoms with van der Waals surface area (Å²) in [5.74, 6) is 0.551. The van der Waals surface area contributed by atoms with Crippen LogP contribution in [0.15, 0.2) is 24.3 Å². The van der Waals surface area contributed by atoms with E-state index in [0.717, 1.165) is 5.56 Å². The molecule has 1 N–H and O–H groups in total. The molecular weight excluding hydrogens is 316 g/mol. The molecule has 1 saturated heterocycles. The highest BCUT2D eigenvalue weighted by molar-refractivity contribution is 7.90. The van der Waals surface area contributed by atoms with Gasteiger partial charge in [-0.25, -0.2) is 13.1 Å². The minimum absolute atomic E-state index is 0.106. The highest BCUT2D eigenvalue weighted by Gasteiger charge is 2.32. The lowest BCUT2D eigenvalue weighted by Crippen LogP contribution is -2.48. The number of ether oxygens (including phenoxy) is 1. The summed E-state index contributed by atoms with van der Waals surface area (Å²) in [5, 5.41) is -0.426. The standard InChI is InChI=1S/C16H24N2O4S/c1-12-4-6-14(7-5-12)22-13(2)16(19)18-10-8-15(9-11-18)23(20,21)17-3/h4-7,13,15,17H,8-11H2,1-3H3. The number of hydrogen-bond donors (Lipinski definition) is 1. The number of rotatable bonds is 5. The maximum absolute atomic E-state index is 12.4. The fourth-order valence-corrected chi connectivity index (χ4v) is 3.85. The van der Waals surface area contributed by atoms with Crippen LogP contribution in [0.2, 0.25) is 0 Å². The normalized spacial score (nSPS) is 17.8. The van der Waals surface area contributed by atoms with E-state index in [9.17, 15) is 13.2 Å². The van der Waals surface area contributed by atoms with Crippen molar-refractivity contribution in [2.75, 3.05) is 20.1 Å². The number of carbonyl (C=O) groups is 1. The average Bonchev–Trinajstić information content (AvgIpc) is 2.56. The van der Waals surface area contributed by atoms with Crippen LogP contribution in [0.4, 0.5) is 0 Å². The fraction of sp³-hybridized carbons (Fsp3) is 0.562. The molecule has 1 aliphatic rings. The first-order chi connectivity index (χ1) is 10.8. The molecule has 23 heavy (non-hydrogen) atoms. The number of nitrogens with one attached hydrogen (secondary N) is 1. The second kappa shape index (κ2) is 7.31. The largest absolute Gasteiger partial charge is 0.481 e. The van der Waals surface area contributed by atoms with Crippen molar-refractivity contribution in [3.05, 3.63) is 29.8 Å². The molecule has 0 radical (unpaired) electrons. The molecule has 1 aromatic carbocycles. The van der Waals surface area contributed by atoms with Gasteiger partial charge in [-0.1, -0.05) is 17.7 Å². The van der Waals surface area contributed by atoms with Crippen LogP contribution in [0, 0.1) is 6.92 Å². The molecule has 1 fully saturated rings. The van der Waals surface area contributed by atoms with Crippen LogP contribution in [-0.2, 0) is 14.8 Å². The van der Waals surface area contributed by atoms with Gasteiger partial charge >= 0.3 is 0 Å². The molecule has 0 aliphatic carbocycles. The molecule has 1 unspecified atom stereocenters.